The van der Waals surface area contributed by atoms with Crippen LogP contribution in [0.5, 0.6) is 0 Å². The van der Waals surface area contributed by atoms with Gasteiger partial charge in [0.15, 0.2) is 0 Å². The molecule has 7 heteroatoms. The highest BCUT2D eigenvalue weighted by Crippen LogP contribution is 2.33. The second-order valence-corrected chi connectivity index (χ2v) is 4.11. The van der Waals surface area contributed by atoms with Crippen molar-refractivity contribution in [3.63, 3.8) is 0 Å². The zero-order valence-electron chi connectivity index (χ0n) is 9.83. The number of hydrogen-bond acceptors (Lipinski definition) is 2. The van der Waals surface area contributed by atoms with Crippen LogP contribution in [0.4, 0.5) is 22.0 Å². The first-order valence-electron chi connectivity index (χ1n) is 5.43. The maximum atomic E-state index is 13.2. The van der Waals surface area contributed by atoms with E-state index in [9.17, 15) is 27.1 Å². The molecule has 1 heterocycles. The van der Waals surface area contributed by atoms with E-state index in [0.717, 1.165) is 24.5 Å². The van der Waals surface area contributed by atoms with Gasteiger partial charge < -0.3 is 5.11 Å². The molecular weight excluding hydrogens is 281 g/mol. The molecule has 1 N–H and O–H groups in total. The summed E-state index contributed by atoms with van der Waals surface area (Å²) in [5.41, 5.74) is -1.62. The lowest BCUT2D eigenvalue weighted by Crippen LogP contribution is -2.09. The molecule has 0 aliphatic rings. The summed E-state index contributed by atoms with van der Waals surface area (Å²) in [4.78, 5) is 3.47. The van der Waals surface area contributed by atoms with Crippen LogP contribution in [0.3, 0.4) is 0 Å². The molecule has 0 spiro atoms. The molecule has 0 saturated carbocycles. The molecule has 1 atom stereocenters. The van der Waals surface area contributed by atoms with Gasteiger partial charge in [0.1, 0.15) is 17.7 Å². The minimum Gasteiger partial charge on any atom is -0.384 e. The summed E-state index contributed by atoms with van der Waals surface area (Å²) in [7, 11) is 0. The molecule has 20 heavy (non-hydrogen) atoms. The number of alkyl halides is 3. The van der Waals surface area contributed by atoms with E-state index in [1.54, 1.807) is 0 Å². The van der Waals surface area contributed by atoms with Crippen LogP contribution in [0.15, 0.2) is 36.7 Å². The number of halogens is 5. The molecule has 0 bridgehead atoms. The van der Waals surface area contributed by atoms with Gasteiger partial charge in [0.2, 0.25) is 0 Å². The van der Waals surface area contributed by atoms with Gasteiger partial charge in [-0.25, -0.2) is 8.78 Å². The number of aromatic nitrogens is 1. The van der Waals surface area contributed by atoms with Crippen molar-refractivity contribution in [2.45, 2.75) is 12.3 Å². The van der Waals surface area contributed by atoms with Crippen LogP contribution in [0.25, 0.3) is 0 Å². The molecule has 2 aromatic rings. The van der Waals surface area contributed by atoms with Crippen LogP contribution in [0.2, 0.25) is 0 Å². The monoisotopic (exact) mass is 289 g/mol. The summed E-state index contributed by atoms with van der Waals surface area (Å²) in [6.45, 7) is 0. The van der Waals surface area contributed by atoms with E-state index in [1.807, 2.05) is 0 Å². The Labute approximate surface area is 110 Å². The lowest BCUT2D eigenvalue weighted by molar-refractivity contribution is -0.137. The summed E-state index contributed by atoms with van der Waals surface area (Å²) in [6, 6.07) is 2.60. The molecule has 0 saturated heterocycles. The summed E-state index contributed by atoms with van der Waals surface area (Å²) in [5, 5.41) is 9.89. The van der Waals surface area contributed by atoms with Gasteiger partial charge in [-0.3, -0.25) is 4.98 Å². The largest absolute Gasteiger partial charge is 0.416 e. The molecule has 1 aromatic carbocycles. The van der Waals surface area contributed by atoms with Crippen molar-refractivity contribution in [3.05, 3.63) is 65.0 Å². The van der Waals surface area contributed by atoms with Crippen molar-refractivity contribution in [2.75, 3.05) is 0 Å². The minimum absolute atomic E-state index is 0.0660. The number of benzene rings is 1. The van der Waals surface area contributed by atoms with Crippen molar-refractivity contribution in [3.8, 4) is 0 Å². The molecule has 2 nitrogen and oxygen atoms in total. The zero-order valence-corrected chi connectivity index (χ0v) is 9.83. The van der Waals surface area contributed by atoms with E-state index in [-0.39, 0.29) is 11.1 Å². The third-order valence-electron chi connectivity index (χ3n) is 2.60. The van der Waals surface area contributed by atoms with Crippen LogP contribution in [0, 0.1) is 11.6 Å². The standard InChI is InChI=1S/C13H8F5NO/c14-10-2-7(1-9(4-10)13(16,17)18)12(20)8-3-11(15)6-19-5-8/h1-6,12,20H. The van der Waals surface area contributed by atoms with Crippen molar-refractivity contribution >= 4 is 0 Å². The first-order valence-corrected chi connectivity index (χ1v) is 5.43. The molecule has 0 aliphatic carbocycles. The third-order valence-corrected chi connectivity index (χ3v) is 2.60. The molecule has 1 aromatic heterocycles. The van der Waals surface area contributed by atoms with Gasteiger partial charge in [-0.15, -0.1) is 0 Å². The first kappa shape index (κ1) is 14.4. The average molecular weight is 289 g/mol. The Kier molecular flexibility index (Phi) is 3.71. The van der Waals surface area contributed by atoms with Crippen LogP contribution in [-0.2, 0) is 6.18 Å². The van der Waals surface area contributed by atoms with E-state index in [2.05, 4.69) is 4.98 Å². The Morgan fingerprint density at radius 1 is 0.900 bits per heavy atom. The second kappa shape index (κ2) is 5.16. The highest BCUT2D eigenvalue weighted by Gasteiger charge is 2.32. The Morgan fingerprint density at radius 3 is 2.15 bits per heavy atom. The predicted molar refractivity (Wildman–Crippen MR) is 59.7 cm³/mol. The number of nitrogens with zero attached hydrogens (tertiary/aromatic N) is 1. The number of aliphatic hydroxyl groups is 1. The smallest absolute Gasteiger partial charge is 0.384 e. The average Bonchev–Trinajstić information content (AvgIpc) is 2.36. The molecule has 0 fully saturated rings. The van der Waals surface area contributed by atoms with Crippen LogP contribution >= 0.6 is 0 Å². The number of aliphatic hydroxyl groups excluding tert-OH is 1. The molecule has 106 valence electrons. The van der Waals surface area contributed by atoms with Crippen LogP contribution in [0.1, 0.15) is 22.8 Å². The maximum Gasteiger partial charge on any atom is 0.416 e. The SMILES string of the molecule is OC(c1cncc(F)c1)c1cc(F)cc(C(F)(F)F)c1. The summed E-state index contributed by atoms with van der Waals surface area (Å²) < 4.78 is 63.8. The second-order valence-electron chi connectivity index (χ2n) is 4.11. The van der Waals surface area contributed by atoms with E-state index in [1.165, 1.54) is 0 Å². The minimum atomic E-state index is -4.74. The Balaban J connectivity index is 2.45. The summed E-state index contributed by atoms with van der Waals surface area (Å²) in [5.74, 6) is -1.90. The fraction of sp³-hybridized carbons (Fsp3) is 0.154. The van der Waals surface area contributed by atoms with Gasteiger partial charge >= 0.3 is 6.18 Å². The normalized spacial score (nSPS) is 13.3. The number of rotatable bonds is 2. The lowest BCUT2D eigenvalue weighted by Gasteiger charge is -2.14. The van der Waals surface area contributed by atoms with Crippen LogP contribution in [-0.4, -0.2) is 10.1 Å². The summed E-state index contributed by atoms with van der Waals surface area (Å²) >= 11 is 0. The molecule has 0 radical (unpaired) electrons. The van der Waals surface area contributed by atoms with Crippen molar-refractivity contribution < 1.29 is 27.1 Å². The van der Waals surface area contributed by atoms with Gasteiger partial charge in [0.25, 0.3) is 0 Å². The van der Waals surface area contributed by atoms with E-state index in [0.29, 0.717) is 12.1 Å². The van der Waals surface area contributed by atoms with Gasteiger partial charge in [0.05, 0.1) is 11.8 Å². The molecule has 1 unspecified atom stereocenters. The topological polar surface area (TPSA) is 33.1 Å². The van der Waals surface area contributed by atoms with Gasteiger partial charge in [-0.1, -0.05) is 0 Å². The molecule has 0 amide bonds. The van der Waals surface area contributed by atoms with Gasteiger partial charge in [-0.05, 0) is 29.8 Å². The summed E-state index contributed by atoms with van der Waals surface area (Å²) in [6.07, 6.45) is -4.37. The van der Waals surface area contributed by atoms with E-state index in [4.69, 9.17) is 0 Å². The fourth-order valence-corrected chi connectivity index (χ4v) is 1.70. The Bertz CT molecular complexity index is 626. The van der Waals surface area contributed by atoms with Gasteiger partial charge in [0, 0.05) is 11.8 Å². The predicted octanol–water partition coefficient (Wildman–Crippen LogP) is 3.46. The lowest BCUT2D eigenvalue weighted by atomic mass is 10.0. The van der Waals surface area contributed by atoms with Crippen molar-refractivity contribution in [1.29, 1.82) is 0 Å². The third kappa shape index (κ3) is 3.11. The zero-order chi connectivity index (χ0) is 14.9. The quantitative estimate of drug-likeness (QED) is 0.859. The maximum absolute atomic E-state index is 13.2. The first-order chi connectivity index (χ1) is 9.27. The van der Waals surface area contributed by atoms with Gasteiger partial charge in [-0.2, -0.15) is 13.2 Å². The van der Waals surface area contributed by atoms with E-state index < -0.39 is 29.5 Å². The Morgan fingerprint density at radius 2 is 1.55 bits per heavy atom. The van der Waals surface area contributed by atoms with E-state index >= 15 is 0 Å². The highest BCUT2D eigenvalue weighted by atomic mass is 19.4. The Hall–Kier alpha value is -2.02. The van der Waals surface area contributed by atoms with Crippen molar-refractivity contribution in [2.24, 2.45) is 0 Å². The highest BCUT2D eigenvalue weighted by molar-refractivity contribution is 5.33. The number of hydrogen-bond donors (Lipinski definition) is 1. The fourth-order valence-electron chi connectivity index (χ4n) is 1.70. The van der Waals surface area contributed by atoms with Crippen molar-refractivity contribution in [1.82, 2.24) is 4.98 Å². The molecule has 2 rings (SSSR count). The van der Waals surface area contributed by atoms with Crippen LogP contribution < -0.4 is 0 Å². The number of pyridine rings is 1. The molecular formula is C13H8F5NO. The molecule has 0 aliphatic heterocycles.